The van der Waals surface area contributed by atoms with Crippen LogP contribution in [0, 0.1) is 10.8 Å². The van der Waals surface area contributed by atoms with Crippen LogP contribution in [0.3, 0.4) is 0 Å². The summed E-state index contributed by atoms with van der Waals surface area (Å²) in [5.41, 5.74) is 0.809. The second-order valence-corrected chi connectivity index (χ2v) is 6.43. The van der Waals surface area contributed by atoms with Crippen LogP contribution in [0.15, 0.2) is 0 Å². The second-order valence-electron chi connectivity index (χ2n) is 6.43. The number of hydrogen-bond acceptors (Lipinski definition) is 2. The van der Waals surface area contributed by atoms with E-state index in [1.54, 1.807) is 0 Å². The Morgan fingerprint density at radius 1 is 1.20 bits per heavy atom. The average Bonchev–Trinajstić information content (AvgIpc) is 2.46. The molecular formula is C13H23NO. The number of hydrogen-bond donors (Lipinski definition) is 0. The van der Waals surface area contributed by atoms with Crippen LogP contribution in [-0.2, 0) is 4.79 Å². The van der Waals surface area contributed by atoms with Gasteiger partial charge in [0, 0.05) is 31.5 Å². The lowest BCUT2D eigenvalue weighted by atomic mass is 10.0. The van der Waals surface area contributed by atoms with Crippen molar-refractivity contribution in [2.24, 2.45) is 10.8 Å². The number of nitrogens with zero attached hydrogens (tertiary/aromatic N) is 1. The molecule has 86 valence electrons. The highest BCUT2D eigenvalue weighted by molar-refractivity contribution is 5.80. The maximum Gasteiger partial charge on any atom is 0.135 e. The molecular weight excluding hydrogens is 186 g/mol. The number of Topliss-reactive ketones (excluding diaryl/α,β-unsaturated/α-hetero) is 1. The van der Waals surface area contributed by atoms with Gasteiger partial charge in [-0.3, -0.25) is 9.69 Å². The Labute approximate surface area is 93.0 Å². The van der Waals surface area contributed by atoms with Crippen LogP contribution in [-0.4, -0.2) is 29.3 Å². The van der Waals surface area contributed by atoms with Crippen LogP contribution in [0.1, 0.15) is 47.5 Å². The first-order valence-electron chi connectivity index (χ1n) is 6.06. The van der Waals surface area contributed by atoms with Crippen molar-refractivity contribution in [3.8, 4) is 0 Å². The molecule has 1 saturated heterocycles. The van der Waals surface area contributed by atoms with Crippen LogP contribution in [0.25, 0.3) is 0 Å². The summed E-state index contributed by atoms with van der Waals surface area (Å²) >= 11 is 0. The van der Waals surface area contributed by atoms with Crippen molar-refractivity contribution in [3.63, 3.8) is 0 Å². The van der Waals surface area contributed by atoms with Crippen molar-refractivity contribution in [3.05, 3.63) is 0 Å². The Balaban J connectivity index is 2.11. The first-order chi connectivity index (χ1) is 6.78. The Bertz CT molecular complexity index is 279. The quantitative estimate of drug-likeness (QED) is 0.661. The third kappa shape index (κ3) is 1.45. The van der Waals surface area contributed by atoms with Gasteiger partial charge in [-0.05, 0) is 17.8 Å². The molecule has 1 aliphatic carbocycles. The molecule has 2 heteroatoms. The molecule has 2 rings (SSSR count). The van der Waals surface area contributed by atoms with Crippen LogP contribution in [0.5, 0.6) is 0 Å². The van der Waals surface area contributed by atoms with Crippen molar-refractivity contribution >= 4 is 5.78 Å². The minimum atomic E-state index is 0.404. The van der Waals surface area contributed by atoms with Crippen molar-refractivity contribution in [2.75, 3.05) is 6.54 Å². The molecule has 0 spiro atoms. The molecule has 0 radical (unpaired) electrons. The van der Waals surface area contributed by atoms with Crippen LogP contribution in [0.4, 0.5) is 0 Å². The molecule has 1 saturated carbocycles. The molecule has 1 atom stereocenters. The topological polar surface area (TPSA) is 20.3 Å². The summed E-state index contributed by atoms with van der Waals surface area (Å²) in [4.78, 5) is 13.9. The summed E-state index contributed by atoms with van der Waals surface area (Å²) in [5.74, 6) is 0.440. The monoisotopic (exact) mass is 209 g/mol. The number of carbonyl (C=O) groups excluding carboxylic acids is 1. The minimum absolute atomic E-state index is 0.404. The van der Waals surface area contributed by atoms with Gasteiger partial charge < -0.3 is 0 Å². The highest BCUT2D eigenvalue weighted by Crippen LogP contribution is 2.65. The molecule has 0 aromatic carbocycles. The summed E-state index contributed by atoms with van der Waals surface area (Å²) in [6, 6.07) is 1.10. The summed E-state index contributed by atoms with van der Waals surface area (Å²) in [7, 11) is 0. The van der Waals surface area contributed by atoms with E-state index in [9.17, 15) is 4.79 Å². The van der Waals surface area contributed by atoms with E-state index in [2.05, 4.69) is 39.5 Å². The molecule has 1 unspecified atom stereocenters. The Morgan fingerprint density at radius 3 is 2.13 bits per heavy atom. The SMILES string of the molecule is CC1CC(=O)CCN1C1C(C)(C)C1(C)C. The zero-order valence-corrected chi connectivity index (χ0v) is 10.6. The van der Waals surface area contributed by atoms with Gasteiger partial charge in [-0.2, -0.15) is 0 Å². The van der Waals surface area contributed by atoms with E-state index >= 15 is 0 Å². The van der Waals surface area contributed by atoms with Gasteiger partial charge in [0.05, 0.1) is 0 Å². The zero-order valence-electron chi connectivity index (χ0n) is 10.6. The van der Waals surface area contributed by atoms with E-state index < -0.39 is 0 Å². The summed E-state index contributed by atoms with van der Waals surface area (Å²) in [6.45, 7) is 12.6. The first-order valence-corrected chi connectivity index (χ1v) is 6.06. The molecule has 0 aromatic heterocycles. The maximum absolute atomic E-state index is 11.4. The molecule has 1 heterocycles. The molecule has 0 bridgehead atoms. The fraction of sp³-hybridized carbons (Fsp3) is 0.923. The van der Waals surface area contributed by atoms with Gasteiger partial charge in [0.15, 0.2) is 0 Å². The van der Waals surface area contributed by atoms with E-state index in [1.165, 1.54) is 0 Å². The van der Waals surface area contributed by atoms with Gasteiger partial charge in [-0.25, -0.2) is 0 Å². The molecule has 0 aromatic rings. The highest BCUT2D eigenvalue weighted by Gasteiger charge is 2.67. The number of rotatable bonds is 1. The van der Waals surface area contributed by atoms with E-state index in [-0.39, 0.29) is 0 Å². The first kappa shape index (κ1) is 11.1. The van der Waals surface area contributed by atoms with Gasteiger partial charge >= 0.3 is 0 Å². The number of likely N-dealkylation sites (tertiary alicyclic amines) is 1. The maximum atomic E-state index is 11.4. The van der Waals surface area contributed by atoms with Gasteiger partial charge in [0.1, 0.15) is 5.78 Å². The van der Waals surface area contributed by atoms with E-state index in [1.807, 2.05) is 0 Å². The molecule has 0 N–H and O–H groups in total. The third-order valence-electron chi connectivity index (χ3n) is 5.01. The van der Waals surface area contributed by atoms with Gasteiger partial charge in [-0.1, -0.05) is 27.7 Å². The van der Waals surface area contributed by atoms with E-state index in [4.69, 9.17) is 0 Å². The van der Waals surface area contributed by atoms with Crippen molar-refractivity contribution in [1.82, 2.24) is 4.90 Å². The Kier molecular flexibility index (Phi) is 2.27. The van der Waals surface area contributed by atoms with E-state index in [0.29, 0.717) is 28.7 Å². The van der Waals surface area contributed by atoms with Crippen LogP contribution in [0.2, 0.25) is 0 Å². The van der Waals surface area contributed by atoms with Crippen molar-refractivity contribution < 1.29 is 4.79 Å². The highest BCUT2D eigenvalue weighted by atomic mass is 16.1. The predicted molar refractivity (Wildman–Crippen MR) is 61.8 cm³/mol. The van der Waals surface area contributed by atoms with Crippen LogP contribution >= 0.6 is 0 Å². The molecule has 2 fully saturated rings. The smallest absolute Gasteiger partial charge is 0.135 e. The Hall–Kier alpha value is -0.370. The van der Waals surface area contributed by atoms with Crippen molar-refractivity contribution in [2.45, 2.75) is 59.5 Å². The standard InChI is InChI=1S/C13H23NO/c1-9-8-10(15)6-7-14(9)11-12(2,3)13(11,4)5/h9,11H,6-8H2,1-5H3. The largest absolute Gasteiger partial charge is 0.300 e. The summed E-state index contributed by atoms with van der Waals surface area (Å²) < 4.78 is 0. The minimum Gasteiger partial charge on any atom is -0.300 e. The fourth-order valence-corrected chi connectivity index (χ4v) is 3.40. The third-order valence-corrected chi connectivity index (χ3v) is 5.01. The molecule has 0 amide bonds. The van der Waals surface area contributed by atoms with Crippen molar-refractivity contribution in [1.29, 1.82) is 0 Å². The number of piperidine rings is 1. The lowest BCUT2D eigenvalue weighted by Crippen LogP contribution is -2.44. The summed E-state index contributed by atoms with van der Waals surface area (Å²) in [5, 5.41) is 0. The summed E-state index contributed by atoms with van der Waals surface area (Å²) in [6.07, 6.45) is 1.51. The van der Waals surface area contributed by atoms with Gasteiger partial charge in [-0.15, -0.1) is 0 Å². The lowest BCUT2D eigenvalue weighted by Gasteiger charge is -2.34. The van der Waals surface area contributed by atoms with E-state index in [0.717, 1.165) is 19.4 Å². The normalized spacial score (nSPS) is 35.5. The number of carbonyl (C=O) groups is 1. The average molecular weight is 209 g/mol. The molecule has 15 heavy (non-hydrogen) atoms. The predicted octanol–water partition coefficient (Wildman–Crippen LogP) is 2.47. The second kappa shape index (κ2) is 3.07. The lowest BCUT2D eigenvalue weighted by molar-refractivity contribution is -0.123. The number of ketones is 1. The molecule has 1 aliphatic heterocycles. The Morgan fingerprint density at radius 2 is 1.73 bits per heavy atom. The van der Waals surface area contributed by atoms with Gasteiger partial charge in [0.2, 0.25) is 0 Å². The molecule has 2 aliphatic rings. The fourth-order valence-electron chi connectivity index (χ4n) is 3.40. The molecule has 2 nitrogen and oxygen atoms in total. The van der Waals surface area contributed by atoms with Crippen LogP contribution < -0.4 is 0 Å². The van der Waals surface area contributed by atoms with Gasteiger partial charge in [0.25, 0.3) is 0 Å². The zero-order chi connectivity index (χ0) is 11.4.